The zero-order valence-electron chi connectivity index (χ0n) is 27.1. The number of hydrogen-bond acceptors (Lipinski definition) is 4. The van der Waals surface area contributed by atoms with E-state index in [-0.39, 0.29) is 38.7 Å². The van der Waals surface area contributed by atoms with Crippen molar-refractivity contribution in [1.29, 1.82) is 0 Å². The summed E-state index contributed by atoms with van der Waals surface area (Å²) in [6.45, 7) is 8.88. The van der Waals surface area contributed by atoms with E-state index in [4.69, 9.17) is 14.4 Å². The molecule has 0 saturated carbocycles. The molecule has 0 saturated heterocycles. The smallest absolute Gasteiger partial charge is 0.149 e. The number of pyridine rings is 1. The van der Waals surface area contributed by atoms with E-state index in [0.29, 0.717) is 22.7 Å². The zero-order chi connectivity index (χ0) is 32.2. The first-order valence-corrected chi connectivity index (χ1v) is 16.1. The molecule has 3 heterocycles. The van der Waals surface area contributed by atoms with Gasteiger partial charge in [-0.25, -0.2) is 4.98 Å². The molecular formula is C42H34N3O2Pt-. The largest absolute Gasteiger partial charge is 0.507 e. The van der Waals surface area contributed by atoms with Gasteiger partial charge in [-0.05, 0) is 52.2 Å². The Balaban J connectivity index is 0.00000364. The van der Waals surface area contributed by atoms with Gasteiger partial charge in [0.1, 0.15) is 28.4 Å². The number of benzene rings is 5. The molecule has 1 N–H and O–H groups in total. The van der Waals surface area contributed by atoms with Gasteiger partial charge >= 0.3 is 0 Å². The number of fused-ring (bicyclic) bond motifs is 4. The maximum Gasteiger partial charge on any atom is 0.149 e. The van der Waals surface area contributed by atoms with Gasteiger partial charge in [-0.3, -0.25) is 9.55 Å². The van der Waals surface area contributed by atoms with Gasteiger partial charge in [0.25, 0.3) is 0 Å². The molecule has 0 unspecified atom stereocenters. The molecule has 0 radical (unpaired) electrons. The minimum atomic E-state index is 0. The Morgan fingerprint density at radius 3 is 2.15 bits per heavy atom. The van der Waals surface area contributed by atoms with E-state index >= 15 is 0 Å². The van der Waals surface area contributed by atoms with E-state index in [9.17, 15) is 5.11 Å². The molecule has 0 aliphatic heterocycles. The van der Waals surface area contributed by atoms with Crippen molar-refractivity contribution in [2.24, 2.45) is 0 Å². The van der Waals surface area contributed by atoms with Crippen molar-refractivity contribution in [2.45, 2.75) is 39.5 Å². The molecule has 0 fully saturated rings. The summed E-state index contributed by atoms with van der Waals surface area (Å²) in [6.07, 6.45) is 2.09. The minimum Gasteiger partial charge on any atom is -0.507 e. The number of aromatic hydroxyl groups is 1. The Kier molecular flexibility index (Phi) is 8.27. The number of rotatable bonds is 6. The molecule has 5 nitrogen and oxygen atoms in total. The van der Waals surface area contributed by atoms with Gasteiger partial charge in [0.05, 0.1) is 16.9 Å². The number of aromatic nitrogens is 3. The average Bonchev–Trinajstić information content (AvgIpc) is 3.70. The molecular weight excluding hydrogens is 774 g/mol. The fourth-order valence-corrected chi connectivity index (χ4v) is 6.75. The van der Waals surface area contributed by atoms with Crippen LogP contribution in [0, 0.1) is 6.07 Å². The van der Waals surface area contributed by atoms with E-state index in [2.05, 4.69) is 80.9 Å². The molecule has 48 heavy (non-hydrogen) atoms. The van der Waals surface area contributed by atoms with Crippen LogP contribution in [0.4, 0.5) is 0 Å². The second-order valence-electron chi connectivity index (χ2n) is 12.7. The van der Waals surface area contributed by atoms with Gasteiger partial charge in [-0.2, -0.15) is 0 Å². The predicted molar refractivity (Wildman–Crippen MR) is 191 cm³/mol. The van der Waals surface area contributed by atoms with Crippen LogP contribution in [-0.2, 0) is 21.1 Å². The summed E-state index contributed by atoms with van der Waals surface area (Å²) in [5.41, 5.74) is 8.80. The SMILES string of the molecule is CC(C)c1cccc(C(C)C)c1-n1cc(-c2nc(-c3[c-]cccc3)cc3ccccc23)nc1-c1c(O)ccc2oc3ccccc3c12.[Pt]. The molecule has 0 atom stereocenters. The van der Waals surface area contributed by atoms with Crippen molar-refractivity contribution < 1.29 is 30.6 Å². The molecule has 8 rings (SSSR count). The summed E-state index contributed by atoms with van der Waals surface area (Å²) in [4.78, 5) is 10.6. The van der Waals surface area contributed by atoms with Crippen LogP contribution in [0.5, 0.6) is 5.75 Å². The fraction of sp³-hybridized carbons (Fsp3) is 0.143. The molecule has 5 aromatic carbocycles. The maximum atomic E-state index is 11.7. The molecule has 0 aliphatic carbocycles. The van der Waals surface area contributed by atoms with Crippen molar-refractivity contribution in [3.05, 3.63) is 133 Å². The topological polar surface area (TPSA) is 64.1 Å². The van der Waals surface area contributed by atoms with Gasteiger partial charge in [0.2, 0.25) is 0 Å². The van der Waals surface area contributed by atoms with Gasteiger partial charge in [0.15, 0.2) is 0 Å². The predicted octanol–water partition coefficient (Wildman–Crippen LogP) is 11.1. The molecule has 0 amide bonds. The van der Waals surface area contributed by atoms with Crippen LogP contribution in [0.3, 0.4) is 0 Å². The van der Waals surface area contributed by atoms with Crippen LogP contribution in [0.15, 0.2) is 120 Å². The molecule has 8 aromatic rings. The monoisotopic (exact) mass is 807 g/mol. The van der Waals surface area contributed by atoms with E-state index in [1.54, 1.807) is 6.07 Å². The van der Waals surface area contributed by atoms with E-state index in [1.807, 2.05) is 66.7 Å². The van der Waals surface area contributed by atoms with E-state index in [0.717, 1.165) is 49.8 Å². The van der Waals surface area contributed by atoms with Gasteiger partial charge in [0, 0.05) is 43.4 Å². The van der Waals surface area contributed by atoms with Crippen LogP contribution in [-0.4, -0.2) is 19.6 Å². The Morgan fingerprint density at radius 1 is 0.708 bits per heavy atom. The number of imidazole rings is 1. The standard InChI is InChI=1S/C42H34N3O2.Pt/c1-25(2)29-18-12-19-30(26(3)4)41(29)45-24-34(40-31-16-9-8-15-28(31)23-33(43-40)27-13-6-5-7-14-27)44-42(45)39-35(46)21-22-37-38(39)32-17-10-11-20-36(32)47-37;/h5-13,15-26,46H,1-4H3;/q-1;. The quantitative estimate of drug-likeness (QED) is 0.170. The van der Waals surface area contributed by atoms with Crippen LogP contribution < -0.4 is 0 Å². The Labute approximate surface area is 294 Å². The second-order valence-corrected chi connectivity index (χ2v) is 12.7. The Bertz CT molecular complexity index is 2410. The zero-order valence-corrected chi connectivity index (χ0v) is 29.4. The number of para-hydroxylation sites is 2. The number of hydrogen-bond donors (Lipinski definition) is 1. The molecule has 0 bridgehead atoms. The summed E-state index contributed by atoms with van der Waals surface area (Å²) in [7, 11) is 0. The first-order chi connectivity index (χ1) is 22.9. The van der Waals surface area contributed by atoms with Crippen LogP contribution in [0.1, 0.15) is 50.7 Å². The van der Waals surface area contributed by atoms with Crippen molar-refractivity contribution in [3.63, 3.8) is 0 Å². The van der Waals surface area contributed by atoms with Gasteiger partial charge < -0.3 is 9.52 Å². The first kappa shape index (κ1) is 31.6. The third-order valence-electron chi connectivity index (χ3n) is 9.00. The molecule has 3 aromatic heterocycles. The Morgan fingerprint density at radius 2 is 1.42 bits per heavy atom. The normalized spacial score (nSPS) is 11.6. The number of phenols is 1. The molecule has 6 heteroatoms. The van der Waals surface area contributed by atoms with E-state index < -0.39 is 0 Å². The Hall–Kier alpha value is -4.99. The molecule has 0 spiro atoms. The summed E-state index contributed by atoms with van der Waals surface area (Å²) in [5.74, 6) is 1.27. The summed E-state index contributed by atoms with van der Waals surface area (Å²) in [5, 5.41) is 15.5. The van der Waals surface area contributed by atoms with Crippen molar-refractivity contribution >= 4 is 32.7 Å². The molecule has 240 valence electrons. The van der Waals surface area contributed by atoms with Crippen molar-refractivity contribution in [3.8, 4) is 45.5 Å². The number of nitrogens with zero attached hydrogens (tertiary/aromatic N) is 3. The summed E-state index contributed by atoms with van der Waals surface area (Å²) in [6, 6.07) is 39.7. The van der Waals surface area contributed by atoms with E-state index in [1.165, 1.54) is 11.1 Å². The van der Waals surface area contributed by atoms with Crippen molar-refractivity contribution in [2.75, 3.05) is 0 Å². The molecule has 0 aliphatic rings. The minimum absolute atomic E-state index is 0. The fourth-order valence-electron chi connectivity index (χ4n) is 6.75. The number of furan rings is 1. The van der Waals surface area contributed by atoms with Crippen LogP contribution >= 0.6 is 0 Å². The third kappa shape index (κ3) is 5.23. The summed E-state index contributed by atoms with van der Waals surface area (Å²) >= 11 is 0. The van der Waals surface area contributed by atoms with Crippen molar-refractivity contribution in [1.82, 2.24) is 14.5 Å². The average molecular weight is 808 g/mol. The first-order valence-electron chi connectivity index (χ1n) is 16.1. The van der Waals surface area contributed by atoms with Gasteiger partial charge in [-0.15, -0.1) is 35.9 Å². The van der Waals surface area contributed by atoms with Crippen LogP contribution in [0.25, 0.3) is 72.4 Å². The third-order valence-corrected chi connectivity index (χ3v) is 9.00. The maximum absolute atomic E-state index is 11.7. The van der Waals surface area contributed by atoms with Gasteiger partial charge in [-0.1, -0.05) is 94.4 Å². The summed E-state index contributed by atoms with van der Waals surface area (Å²) < 4.78 is 8.46. The number of phenolic OH excluding ortho intramolecular Hbond substituents is 1. The van der Waals surface area contributed by atoms with Crippen LogP contribution in [0.2, 0.25) is 0 Å². The second kappa shape index (κ2) is 12.6.